The molecule has 0 radical (unpaired) electrons. The quantitative estimate of drug-likeness (QED) is 0.355. The van der Waals surface area contributed by atoms with Gasteiger partial charge < -0.3 is 19.9 Å². The molecule has 0 heterocycles. The molecule has 0 saturated heterocycles. The molecule has 0 spiro atoms. The molecule has 0 unspecified atom stereocenters. The lowest BCUT2D eigenvalue weighted by atomic mass is 10.0. The average molecular weight is 456 g/mol. The number of ether oxygens (including phenoxy) is 2. The average Bonchev–Trinajstić information content (AvgIpc) is 2.76. The smallest absolute Gasteiger partial charge is 0.416 e. The summed E-state index contributed by atoms with van der Waals surface area (Å²) in [6.07, 6.45) is -6.67. The summed E-state index contributed by atoms with van der Waals surface area (Å²) in [6.45, 7) is 0. The zero-order chi connectivity index (χ0) is 24.1. The molecule has 0 saturated carbocycles. The highest BCUT2D eigenvalue weighted by molar-refractivity contribution is 5.87. The Morgan fingerprint density at radius 1 is 1.16 bits per heavy atom. The summed E-state index contributed by atoms with van der Waals surface area (Å²) >= 11 is 0. The van der Waals surface area contributed by atoms with Crippen LogP contribution in [-0.4, -0.2) is 42.2 Å². The van der Waals surface area contributed by atoms with E-state index in [1.165, 1.54) is 19.2 Å². The predicted molar refractivity (Wildman–Crippen MR) is 104 cm³/mol. The van der Waals surface area contributed by atoms with Gasteiger partial charge in [0.25, 0.3) is 5.91 Å². The van der Waals surface area contributed by atoms with Gasteiger partial charge in [0.2, 0.25) is 0 Å². The molecule has 0 aliphatic heterocycles. The van der Waals surface area contributed by atoms with Crippen molar-refractivity contribution in [3.05, 3.63) is 69.3 Å². The number of hydrogen-bond acceptors (Lipinski definition) is 7. The lowest BCUT2D eigenvalue weighted by Gasteiger charge is -2.19. The molecule has 2 atom stereocenters. The third-order valence-electron chi connectivity index (χ3n) is 4.48. The molecular weight excluding hydrogens is 437 g/mol. The van der Waals surface area contributed by atoms with E-state index in [0.29, 0.717) is 12.1 Å². The van der Waals surface area contributed by atoms with Crippen molar-refractivity contribution in [2.45, 2.75) is 24.7 Å². The number of aliphatic hydroxyl groups is 1. The first kappa shape index (κ1) is 24.6. The minimum absolute atomic E-state index is 0.00451. The summed E-state index contributed by atoms with van der Waals surface area (Å²) in [4.78, 5) is 35.0. The van der Waals surface area contributed by atoms with Crippen molar-refractivity contribution in [1.29, 1.82) is 0 Å². The van der Waals surface area contributed by atoms with E-state index in [2.05, 4.69) is 10.1 Å². The topological polar surface area (TPSA) is 128 Å². The normalized spacial score (nSPS) is 13.1. The van der Waals surface area contributed by atoms with E-state index in [4.69, 9.17) is 4.74 Å². The fraction of sp³-hybridized carbons (Fsp3) is 0.300. The number of aliphatic hydroxyl groups excluding tert-OH is 1. The van der Waals surface area contributed by atoms with Crippen LogP contribution in [0.5, 0.6) is 5.75 Å². The van der Waals surface area contributed by atoms with Crippen LogP contribution in [-0.2, 0) is 26.9 Å². The van der Waals surface area contributed by atoms with E-state index in [-0.39, 0.29) is 29.0 Å². The lowest BCUT2D eigenvalue weighted by Crippen LogP contribution is -2.45. The molecule has 0 aliphatic rings. The third kappa shape index (κ3) is 5.94. The molecule has 2 aromatic carbocycles. The molecule has 12 heteroatoms. The zero-order valence-corrected chi connectivity index (χ0v) is 16.9. The van der Waals surface area contributed by atoms with Crippen LogP contribution in [0.1, 0.15) is 22.8 Å². The number of carbonyl (C=O) groups excluding carboxylic acids is 2. The molecule has 0 aromatic heterocycles. The number of nitro benzene ring substituents is 1. The Morgan fingerprint density at radius 3 is 2.28 bits per heavy atom. The van der Waals surface area contributed by atoms with Crippen LogP contribution >= 0.6 is 0 Å². The highest BCUT2D eigenvalue weighted by Gasteiger charge is 2.31. The molecule has 0 aliphatic carbocycles. The molecule has 2 rings (SSSR count). The van der Waals surface area contributed by atoms with E-state index in [9.17, 15) is 38.0 Å². The molecule has 2 N–H and O–H groups in total. The van der Waals surface area contributed by atoms with Gasteiger partial charge in [0, 0.05) is 12.5 Å². The second kappa shape index (κ2) is 10.1. The summed E-state index contributed by atoms with van der Waals surface area (Å²) in [6, 6.07) is 5.89. The van der Waals surface area contributed by atoms with Gasteiger partial charge in [-0.2, -0.15) is 13.2 Å². The van der Waals surface area contributed by atoms with E-state index < -0.39 is 40.7 Å². The summed E-state index contributed by atoms with van der Waals surface area (Å²) in [5, 5.41) is 23.6. The van der Waals surface area contributed by atoms with Gasteiger partial charge in [-0.3, -0.25) is 14.9 Å². The monoisotopic (exact) mass is 456 g/mol. The molecular formula is C20H19F3N2O7. The number of nitro groups is 1. The first-order valence-corrected chi connectivity index (χ1v) is 9.02. The van der Waals surface area contributed by atoms with Crippen LogP contribution in [0.3, 0.4) is 0 Å². The maximum absolute atomic E-state index is 12.7. The fourth-order valence-corrected chi connectivity index (χ4v) is 2.83. The van der Waals surface area contributed by atoms with Gasteiger partial charge in [0.05, 0.1) is 24.7 Å². The van der Waals surface area contributed by atoms with Crippen molar-refractivity contribution in [2.24, 2.45) is 0 Å². The highest BCUT2D eigenvalue weighted by Crippen LogP contribution is 2.30. The number of hydrogen-bond donors (Lipinski definition) is 2. The van der Waals surface area contributed by atoms with Gasteiger partial charge in [-0.15, -0.1) is 0 Å². The molecule has 9 nitrogen and oxygen atoms in total. The van der Waals surface area contributed by atoms with Crippen LogP contribution in [0.4, 0.5) is 18.9 Å². The van der Waals surface area contributed by atoms with Crippen LogP contribution in [0.15, 0.2) is 42.5 Å². The molecule has 32 heavy (non-hydrogen) atoms. The minimum atomic E-state index is -4.58. The molecule has 1 amide bonds. The lowest BCUT2D eigenvalue weighted by molar-refractivity contribution is -0.385. The second-order valence-electron chi connectivity index (χ2n) is 6.57. The maximum Gasteiger partial charge on any atom is 0.416 e. The Morgan fingerprint density at radius 2 is 1.78 bits per heavy atom. The van der Waals surface area contributed by atoms with E-state index >= 15 is 0 Å². The first-order chi connectivity index (χ1) is 15.0. The number of amides is 1. The van der Waals surface area contributed by atoms with Crippen LogP contribution in [0, 0.1) is 10.1 Å². The summed E-state index contributed by atoms with van der Waals surface area (Å²) in [5.74, 6) is -1.96. The number of carbonyl (C=O) groups is 2. The molecule has 0 bridgehead atoms. The summed E-state index contributed by atoms with van der Waals surface area (Å²) in [5.41, 5.74) is -1.15. The number of esters is 1. The first-order valence-electron chi connectivity index (χ1n) is 9.02. The van der Waals surface area contributed by atoms with Gasteiger partial charge >= 0.3 is 17.8 Å². The largest absolute Gasteiger partial charge is 0.490 e. The Labute approximate surface area is 179 Å². The van der Waals surface area contributed by atoms with Gasteiger partial charge in [-0.1, -0.05) is 18.2 Å². The molecule has 2 aromatic rings. The van der Waals surface area contributed by atoms with Crippen molar-refractivity contribution < 1.29 is 42.3 Å². The summed E-state index contributed by atoms with van der Waals surface area (Å²) < 4.78 is 47.5. The number of methoxy groups -OCH3 is 2. The van der Waals surface area contributed by atoms with Crippen LogP contribution in [0.25, 0.3) is 0 Å². The molecule has 172 valence electrons. The number of halogens is 3. The number of benzene rings is 2. The maximum atomic E-state index is 12.7. The van der Waals surface area contributed by atoms with Gasteiger partial charge in [-0.05, 0) is 29.3 Å². The number of alkyl halides is 3. The Kier molecular flexibility index (Phi) is 7.76. The van der Waals surface area contributed by atoms with Gasteiger partial charge in [-0.25, -0.2) is 4.79 Å². The van der Waals surface area contributed by atoms with Gasteiger partial charge in [0.1, 0.15) is 6.04 Å². The Balaban J connectivity index is 2.20. The van der Waals surface area contributed by atoms with Crippen molar-refractivity contribution >= 4 is 17.6 Å². The Bertz CT molecular complexity index is 994. The van der Waals surface area contributed by atoms with Crippen LogP contribution < -0.4 is 10.1 Å². The van der Waals surface area contributed by atoms with Crippen LogP contribution in [0.2, 0.25) is 0 Å². The second-order valence-corrected chi connectivity index (χ2v) is 6.57. The SMILES string of the molecule is COC(=O)[C@H](Cc1ccc(OC)c([N+](=O)[O-])c1)NC(=O)[C@H](O)c1ccc(C(F)(F)F)cc1. The minimum Gasteiger partial charge on any atom is -0.490 e. The van der Waals surface area contributed by atoms with Crippen molar-refractivity contribution in [3.63, 3.8) is 0 Å². The van der Waals surface area contributed by atoms with Crippen molar-refractivity contribution in [3.8, 4) is 5.75 Å². The van der Waals surface area contributed by atoms with Gasteiger partial charge in [0.15, 0.2) is 11.9 Å². The van der Waals surface area contributed by atoms with E-state index in [0.717, 1.165) is 25.3 Å². The molecule has 0 fully saturated rings. The predicted octanol–water partition coefficient (Wildman–Crippen LogP) is 2.56. The van der Waals surface area contributed by atoms with Crippen molar-refractivity contribution in [2.75, 3.05) is 14.2 Å². The fourth-order valence-electron chi connectivity index (χ4n) is 2.83. The third-order valence-corrected chi connectivity index (χ3v) is 4.48. The number of nitrogens with one attached hydrogen (secondary N) is 1. The van der Waals surface area contributed by atoms with Crippen molar-refractivity contribution in [1.82, 2.24) is 5.32 Å². The van der Waals surface area contributed by atoms with E-state index in [1.807, 2.05) is 0 Å². The highest BCUT2D eigenvalue weighted by atomic mass is 19.4. The Hall–Kier alpha value is -3.67. The number of rotatable bonds is 8. The summed E-state index contributed by atoms with van der Waals surface area (Å²) in [7, 11) is 2.31. The van der Waals surface area contributed by atoms with E-state index in [1.54, 1.807) is 0 Å². The number of nitrogens with zero attached hydrogens (tertiary/aromatic N) is 1. The zero-order valence-electron chi connectivity index (χ0n) is 16.9. The standard InChI is InChI=1S/C20H19F3N2O7/c1-31-16-8-3-11(10-15(16)25(29)30)9-14(19(28)32-2)24-18(27)17(26)12-4-6-13(7-5-12)20(21,22)23/h3-8,10,14,17,26H,9H2,1-2H3,(H,24,27)/t14-,17+/m0/s1.